The predicted molar refractivity (Wildman–Crippen MR) is 180 cm³/mol. The molecule has 6 atom stereocenters. The minimum atomic E-state index is -3.88. The molecule has 4 saturated carbocycles. The second-order valence-electron chi connectivity index (χ2n) is 15.0. The smallest absolute Gasteiger partial charge is 0.408 e. The Labute approximate surface area is 291 Å². The quantitative estimate of drug-likeness (QED) is 0.243. The van der Waals surface area contributed by atoms with E-state index in [1.54, 1.807) is 37.5 Å². The summed E-state index contributed by atoms with van der Waals surface area (Å²) >= 11 is 0. The molecule has 1 aromatic carbocycles. The molecule has 3 N–H and O–H groups in total. The summed E-state index contributed by atoms with van der Waals surface area (Å²) in [4.78, 5) is 56.5. The van der Waals surface area contributed by atoms with Crippen LogP contribution in [0.25, 0.3) is 11.4 Å². The molecule has 0 radical (unpaired) electrons. The first-order valence-electron chi connectivity index (χ1n) is 17.1. The highest BCUT2D eigenvalue weighted by Gasteiger charge is 2.62. The fraction of sp³-hybridized carbons (Fsp3) is 0.618. The minimum absolute atomic E-state index is 0.133. The molecule has 3 amide bonds. The van der Waals surface area contributed by atoms with Crippen LogP contribution in [-0.2, 0) is 29.1 Å². The number of nitrogens with zero attached hydrogens (tertiary/aromatic N) is 4. The summed E-state index contributed by atoms with van der Waals surface area (Å²) in [5.74, 6) is -2.94. The molecule has 15 nitrogen and oxygen atoms in total. The molecule has 16 heteroatoms. The molecule has 0 saturated heterocycles. The summed E-state index contributed by atoms with van der Waals surface area (Å²) in [6.07, 6.45) is 4.12. The van der Waals surface area contributed by atoms with E-state index in [9.17, 15) is 27.6 Å². The number of carbonyl (C=O) groups excluding carboxylic acids is 4. The number of Topliss-reactive ketones (excluding diaryl/α,β-unsaturated/α-hetero) is 1. The largest absolute Gasteiger partial charge is 0.497 e. The lowest BCUT2D eigenvalue weighted by molar-refractivity contribution is -0.137. The highest BCUT2D eigenvalue weighted by Crippen LogP contribution is 2.49. The normalized spacial score (nSPS) is 26.7. The highest BCUT2D eigenvalue weighted by molar-refractivity contribution is 7.91. The molecule has 0 bridgehead atoms. The van der Waals surface area contributed by atoms with Gasteiger partial charge in [-0.25, -0.2) is 13.2 Å². The fourth-order valence-corrected chi connectivity index (χ4v) is 8.12. The molecule has 2 unspecified atom stereocenters. The Morgan fingerprint density at radius 1 is 1.08 bits per heavy atom. The van der Waals surface area contributed by atoms with E-state index >= 15 is 0 Å². The number of methoxy groups -OCH3 is 1. The van der Waals surface area contributed by atoms with E-state index < -0.39 is 68.1 Å². The summed E-state index contributed by atoms with van der Waals surface area (Å²) in [6, 6.07) is 5.60. The summed E-state index contributed by atoms with van der Waals surface area (Å²) < 4.78 is 38.2. The molecule has 4 aliphatic rings. The molecule has 4 aliphatic carbocycles. The number of carbonyl (C=O) groups is 4. The number of alkyl carbamates (subject to hydrolysis) is 1. The van der Waals surface area contributed by atoms with Crippen molar-refractivity contribution in [1.29, 1.82) is 0 Å². The van der Waals surface area contributed by atoms with Crippen molar-refractivity contribution in [3.8, 4) is 17.1 Å². The number of rotatable bonds is 14. The monoisotopic (exact) mass is 711 g/mol. The van der Waals surface area contributed by atoms with Gasteiger partial charge >= 0.3 is 6.09 Å². The fourth-order valence-electron chi connectivity index (χ4n) is 6.75. The van der Waals surface area contributed by atoms with Gasteiger partial charge in [0.1, 0.15) is 17.4 Å². The van der Waals surface area contributed by atoms with Crippen LogP contribution in [0.1, 0.15) is 78.2 Å². The standard InChI is InChI=1S/C34H45N7O8S/c1-6-7-20-18-34(20,31(44)39-50(46,47)24-14-15-24)36-30(43)26-17-21(41-38-29(37-40-41)19-8-10-22(48-5)11-9-19)16-25(26)27(42)28(33(2,3)4)35-32(45)49-23-12-13-23/h6,8-11,20-21,23-26,28H,1,7,12-18H2,2-5H3,(H,35,45)(H,36,43)(H,39,44)/t20-,21+,25?,26-,28?,34+/m1/s1. The van der Waals surface area contributed by atoms with Gasteiger partial charge in [0.05, 0.1) is 24.4 Å². The van der Waals surface area contributed by atoms with E-state index in [0.29, 0.717) is 36.4 Å². The van der Waals surface area contributed by atoms with Gasteiger partial charge in [0.2, 0.25) is 21.8 Å². The lowest BCUT2D eigenvalue weighted by Crippen LogP contribution is -2.56. The number of hydrogen-bond acceptors (Lipinski definition) is 11. The van der Waals surface area contributed by atoms with E-state index in [0.717, 1.165) is 12.8 Å². The average Bonchev–Trinajstić information content (AvgIpc) is 4.02. The van der Waals surface area contributed by atoms with Gasteiger partial charge in [-0.3, -0.25) is 19.1 Å². The van der Waals surface area contributed by atoms with E-state index in [1.165, 1.54) is 4.80 Å². The predicted octanol–water partition coefficient (Wildman–Crippen LogP) is 2.85. The molecule has 50 heavy (non-hydrogen) atoms. The van der Waals surface area contributed by atoms with E-state index in [1.807, 2.05) is 20.8 Å². The summed E-state index contributed by atoms with van der Waals surface area (Å²) in [5, 5.41) is 18.1. The van der Waals surface area contributed by atoms with Crippen molar-refractivity contribution in [3.63, 3.8) is 0 Å². The Bertz CT molecular complexity index is 1760. The van der Waals surface area contributed by atoms with E-state index in [2.05, 4.69) is 37.3 Å². The van der Waals surface area contributed by atoms with Crippen LogP contribution in [0.15, 0.2) is 36.9 Å². The van der Waals surface area contributed by atoms with Crippen molar-refractivity contribution in [1.82, 2.24) is 35.6 Å². The maximum absolute atomic E-state index is 14.5. The van der Waals surface area contributed by atoms with Gasteiger partial charge < -0.3 is 20.1 Å². The van der Waals surface area contributed by atoms with Crippen molar-refractivity contribution in [2.45, 2.75) is 101 Å². The zero-order valence-electron chi connectivity index (χ0n) is 28.8. The number of tetrazole rings is 1. The van der Waals surface area contributed by atoms with Crippen LogP contribution in [0.3, 0.4) is 0 Å². The third-order valence-corrected chi connectivity index (χ3v) is 11.9. The Balaban J connectivity index is 1.27. The number of aromatic nitrogens is 4. The Kier molecular flexibility index (Phi) is 9.52. The highest BCUT2D eigenvalue weighted by atomic mass is 32.2. The van der Waals surface area contributed by atoms with Gasteiger partial charge in [0.25, 0.3) is 5.91 Å². The van der Waals surface area contributed by atoms with E-state index in [-0.39, 0.29) is 37.1 Å². The molecule has 0 spiro atoms. The maximum atomic E-state index is 14.5. The summed E-state index contributed by atoms with van der Waals surface area (Å²) in [6.45, 7) is 9.21. The molecule has 6 rings (SSSR count). The molecular weight excluding hydrogens is 666 g/mol. The lowest BCUT2D eigenvalue weighted by atomic mass is 9.77. The molecular formula is C34H45N7O8S. The third-order valence-electron chi connectivity index (χ3n) is 10.1. The molecule has 1 aromatic heterocycles. The average molecular weight is 712 g/mol. The number of hydrogen-bond donors (Lipinski definition) is 3. The maximum Gasteiger partial charge on any atom is 0.408 e. The Hall–Kier alpha value is -4.34. The van der Waals surface area contributed by atoms with Crippen LogP contribution >= 0.6 is 0 Å². The zero-order valence-corrected chi connectivity index (χ0v) is 29.6. The first-order chi connectivity index (χ1) is 23.6. The molecule has 1 heterocycles. The van der Waals surface area contributed by atoms with Crippen molar-refractivity contribution in [2.24, 2.45) is 23.2 Å². The van der Waals surface area contributed by atoms with Crippen LogP contribution in [0.5, 0.6) is 5.75 Å². The first kappa shape index (κ1) is 35.5. The molecule has 270 valence electrons. The molecule has 2 aromatic rings. The number of ether oxygens (including phenoxy) is 2. The van der Waals surface area contributed by atoms with Crippen molar-refractivity contribution in [2.75, 3.05) is 7.11 Å². The minimum Gasteiger partial charge on any atom is -0.497 e. The van der Waals surface area contributed by atoms with Crippen LogP contribution in [0.4, 0.5) is 4.79 Å². The summed E-state index contributed by atoms with van der Waals surface area (Å²) in [5.41, 5.74) is -1.52. The van der Waals surface area contributed by atoms with Crippen LogP contribution < -0.4 is 20.1 Å². The number of amides is 3. The van der Waals surface area contributed by atoms with Crippen molar-refractivity contribution < 1.29 is 37.1 Å². The molecule has 0 aliphatic heterocycles. The lowest BCUT2D eigenvalue weighted by Gasteiger charge is -2.33. The topological polar surface area (TPSA) is 201 Å². The first-order valence-corrected chi connectivity index (χ1v) is 18.6. The van der Waals surface area contributed by atoms with Gasteiger partial charge in [0, 0.05) is 17.4 Å². The number of nitrogens with one attached hydrogen (secondary N) is 3. The van der Waals surface area contributed by atoms with Gasteiger partial charge in [-0.15, -0.1) is 16.8 Å². The summed E-state index contributed by atoms with van der Waals surface area (Å²) in [7, 11) is -2.31. The number of allylic oxidation sites excluding steroid dienone is 1. The van der Waals surface area contributed by atoms with Crippen molar-refractivity contribution >= 4 is 33.7 Å². The van der Waals surface area contributed by atoms with E-state index in [4.69, 9.17) is 9.47 Å². The molecule has 4 fully saturated rings. The van der Waals surface area contributed by atoms with Crippen molar-refractivity contribution in [3.05, 3.63) is 36.9 Å². The SMILES string of the molecule is C=CC[C@@H]1C[C@@]1(NC(=O)[C@@H]1C[C@@H](n2nnc(-c3ccc(OC)cc3)n2)CC1C(=O)C(NC(=O)OC1CC1)C(C)(C)C)C(=O)NS(=O)(=O)C1CC1. The second-order valence-corrected chi connectivity index (χ2v) is 17.0. The zero-order chi connectivity index (χ0) is 36.0. The van der Waals surface area contributed by atoms with Gasteiger partial charge in [-0.05, 0) is 92.2 Å². The Morgan fingerprint density at radius 3 is 2.36 bits per heavy atom. The number of benzene rings is 1. The second kappa shape index (κ2) is 13.4. The van der Waals surface area contributed by atoms with Gasteiger partial charge in [-0.1, -0.05) is 26.8 Å². The van der Waals surface area contributed by atoms with Gasteiger partial charge in [0.15, 0.2) is 5.78 Å². The van der Waals surface area contributed by atoms with Crippen LogP contribution in [-0.4, -0.2) is 82.4 Å². The van der Waals surface area contributed by atoms with Crippen LogP contribution in [0, 0.1) is 23.2 Å². The third kappa shape index (κ3) is 7.54. The van der Waals surface area contributed by atoms with Crippen LogP contribution in [0.2, 0.25) is 0 Å². The number of ketones is 1. The number of sulfonamides is 1. The Morgan fingerprint density at radius 2 is 1.76 bits per heavy atom. The van der Waals surface area contributed by atoms with Gasteiger partial charge in [-0.2, -0.15) is 4.80 Å².